The summed E-state index contributed by atoms with van der Waals surface area (Å²) >= 11 is 0. The SMILES string of the molecule is COc1ccc(-n2nnc(C(=O)N3CCC(C(C)N)CC3)c2C)cc1.Cl. The summed E-state index contributed by atoms with van der Waals surface area (Å²) in [4.78, 5) is 14.7. The molecule has 142 valence electrons. The third-order valence-electron chi connectivity index (χ3n) is 4.98. The van der Waals surface area contributed by atoms with Crippen LogP contribution in [0.2, 0.25) is 0 Å². The van der Waals surface area contributed by atoms with Gasteiger partial charge in [-0.3, -0.25) is 4.79 Å². The highest BCUT2D eigenvalue weighted by Gasteiger charge is 2.28. The van der Waals surface area contributed by atoms with E-state index in [0.29, 0.717) is 11.6 Å². The van der Waals surface area contributed by atoms with E-state index in [-0.39, 0.29) is 24.4 Å². The molecule has 26 heavy (non-hydrogen) atoms. The number of methoxy groups -OCH3 is 1. The highest BCUT2D eigenvalue weighted by molar-refractivity contribution is 5.93. The van der Waals surface area contributed by atoms with E-state index in [1.165, 1.54) is 0 Å². The Bertz CT molecular complexity index is 737. The van der Waals surface area contributed by atoms with Crippen LogP contribution in [0.3, 0.4) is 0 Å². The van der Waals surface area contributed by atoms with Gasteiger partial charge in [-0.15, -0.1) is 17.5 Å². The van der Waals surface area contributed by atoms with Gasteiger partial charge < -0.3 is 15.4 Å². The molecule has 1 aromatic carbocycles. The number of rotatable bonds is 4. The van der Waals surface area contributed by atoms with Crippen molar-refractivity contribution >= 4 is 18.3 Å². The van der Waals surface area contributed by atoms with E-state index < -0.39 is 0 Å². The van der Waals surface area contributed by atoms with Gasteiger partial charge in [0.2, 0.25) is 0 Å². The number of aromatic nitrogens is 3. The van der Waals surface area contributed by atoms with Crippen LogP contribution in [0.15, 0.2) is 24.3 Å². The Labute approximate surface area is 159 Å². The van der Waals surface area contributed by atoms with E-state index >= 15 is 0 Å². The van der Waals surface area contributed by atoms with Gasteiger partial charge in [-0.25, -0.2) is 4.68 Å². The summed E-state index contributed by atoms with van der Waals surface area (Å²) in [5.41, 5.74) is 7.97. The van der Waals surface area contributed by atoms with Crippen molar-refractivity contribution in [2.45, 2.75) is 32.7 Å². The number of hydrogen-bond acceptors (Lipinski definition) is 5. The number of ether oxygens (including phenoxy) is 1. The summed E-state index contributed by atoms with van der Waals surface area (Å²) in [6.07, 6.45) is 1.88. The minimum atomic E-state index is -0.0552. The molecule has 0 saturated carbocycles. The standard InChI is InChI=1S/C18H25N5O2.ClH/c1-12(19)14-8-10-22(11-9-14)18(24)17-13(2)23(21-20-17)15-4-6-16(25-3)7-5-15;/h4-7,12,14H,8-11,19H2,1-3H3;1H. The summed E-state index contributed by atoms with van der Waals surface area (Å²) < 4.78 is 6.85. The van der Waals surface area contributed by atoms with E-state index in [1.54, 1.807) is 11.8 Å². The van der Waals surface area contributed by atoms with Crippen molar-refractivity contribution in [1.29, 1.82) is 0 Å². The summed E-state index contributed by atoms with van der Waals surface area (Å²) in [5.74, 6) is 1.20. The first-order chi connectivity index (χ1) is 12.0. The first-order valence-corrected chi connectivity index (χ1v) is 8.63. The first-order valence-electron chi connectivity index (χ1n) is 8.63. The lowest BCUT2D eigenvalue weighted by molar-refractivity contribution is 0.0674. The monoisotopic (exact) mass is 379 g/mol. The van der Waals surface area contributed by atoms with Crippen molar-refractivity contribution in [3.8, 4) is 11.4 Å². The van der Waals surface area contributed by atoms with E-state index in [1.807, 2.05) is 43.0 Å². The normalized spacial score (nSPS) is 16.1. The van der Waals surface area contributed by atoms with Gasteiger partial charge in [-0.05, 0) is 56.9 Å². The molecule has 0 bridgehead atoms. The van der Waals surface area contributed by atoms with Crippen LogP contribution in [-0.4, -0.2) is 52.0 Å². The Kier molecular flexibility index (Phi) is 6.61. The third-order valence-corrected chi connectivity index (χ3v) is 4.98. The van der Waals surface area contributed by atoms with Crippen LogP contribution < -0.4 is 10.5 Å². The summed E-state index contributed by atoms with van der Waals surface area (Å²) in [7, 11) is 1.63. The van der Waals surface area contributed by atoms with E-state index in [9.17, 15) is 4.79 Å². The van der Waals surface area contributed by atoms with Crippen molar-refractivity contribution < 1.29 is 9.53 Å². The van der Waals surface area contributed by atoms with Crippen LogP contribution in [0.5, 0.6) is 5.75 Å². The lowest BCUT2D eigenvalue weighted by atomic mass is 9.91. The maximum atomic E-state index is 12.8. The van der Waals surface area contributed by atoms with Crippen LogP contribution in [0.4, 0.5) is 0 Å². The van der Waals surface area contributed by atoms with Gasteiger partial charge in [0.15, 0.2) is 5.69 Å². The van der Waals surface area contributed by atoms with Gasteiger partial charge in [-0.2, -0.15) is 0 Å². The topological polar surface area (TPSA) is 86.3 Å². The van der Waals surface area contributed by atoms with E-state index in [4.69, 9.17) is 10.5 Å². The number of carbonyl (C=O) groups excluding carboxylic acids is 1. The highest BCUT2D eigenvalue weighted by Crippen LogP contribution is 2.22. The van der Waals surface area contributed by atoms with Crippen LogP contribution >= 0.6 is 12.4 Å². The summed E-state index contributed by atoms with van der Waals surface area (Å²) in [6.45, 7) is 5.35. The minimum Gasteiger partial charge on any atom is -0.497 e. The van der Waals surface area contributed by atoms with Gasteiger partial charge >= 0.3 is 0 Å². The number of halogens is 1. The maximum Gasteiger partial charge on any atom is 0.276 e. The molecule has 0 spiro atoms. The lowest BCUT2D eigenvalue weighted by Crippen LogP contribution is -2.42. The fourth-order valence-corrected chi connectivity index (χ4v) is 3.27. The number of nitrogens with zero attached hydrogens (tertiary/aromatic N) is 4. The lowest BCUT2D eigenvalue weighted by Gasteiger charge is -2.33. The van der Waals surface area contributed by atoms with E-state index in [0.717, 1.165) is 43.1 Å². The molecule has 0 aliphatic carbocycles. The fourth-order valence-electron chi connectivity index (χ4n) is 3.27. The number of likely N-dealkylation sites (tertiary alicyclic amines) is 1. The summed E-state index contributed by atoms with van der Waals surface area (Å²) in [5, 5.41) is 8.29. The smallest absolute Gasteiger partial charge is 0.276 e. The van der Waals surface area contributed by atoms with Gasteiger partial charge in [0.25, 0.3) is 5.91 Å². The molecule has 1 saturated heterocycles. The molecule has 8 heteroatoms. The molecule has 1 unspecified atom stereocenters. The average Bonchev–Trinajstić information content (AvgIpc) is 3.02. The van der Waals surface area contributed by atoms with Crippen molar-refractivity contribution in [3.63, 3.8) is 0 Å². The van der Waals surface area contributed by atoms with E-state index in [2.05, 4.69) is 10.3 Å². The van der Waals surface area contributed by atoms with Gasteiger partial charge in [-0.1, -0.05) is 5.21 Å². The molecule has 1 aliphatic rings. The predicted octanol–water partition coefficient (Wildman–Crippen LogP) is 2.21. The Morgan fingerprint density at radius 2 is 1.88 bits per heavy atom. The van der Waals surface area contributed by atoms with Crippen LogP contribution in [-0.2, 0) is 0 Å². The van der Waals surface area contributed by atoms with Gasteiger partial charge in [0, 0.05) is 19.1 Å². The van der Waals surface area contributed by atoms with Crippen molar-refractivity contribution in [1.82, 2.24) is 19.9 Å². The number of benzene rings is 1. The number of nitrogens with two attached hydrogens (primary N) is 1. The van der Waals surface area contributed by atoms with Gasteiger partial charge in [0.05, 0.1) is 18.5 Å². The highest BCUT2D eigenvalue weighted by atomic mass is 35.5. The number of amides is 1. The first kappa shape index (κ1) is 20.2. The second-order valence-electron chi connectivity index (χ2n) is 6.62. The average molecular weight is 380 g/mol. The molecule has 1 aliphatic heterocycles. The predicted molar refractivity (Wildman–Crippen MR) is 102 cm³/mol. The molecule has 0 radical (unpaired) electrons. The second kappa shape index (κ2) is 8.51. The molecule has 1 fully saturated rings. The second-order valence-corrected chi connectivity index (χ2v) is 6.62. The molecule has 2 N–H and O–H groups in total. The maximum absolute atomic E-state index is 12.8. The molecule has 2 aromatic rings. The van der Waals surface area contributed by atoms with Crippen LogP contribution in [0.25, 0.3) is 5.69 Å². The minimum absolute atomic E-state index is 0. The Morgan fingerprint density at radius 3 is 2.42 bits per heavy atom. The number of piperidine rings is 1. The largest absolute Gasteiger partial charge is 0.497 e. The molecular weight excluding hydrogens is 354 g/mol. The van der Waals surface area contributed by atoms with Crippen LogP contribution in [0.1, 0.15) is 35.9 Å². The zero-order chi connectivity index (χ0) is 18.0. The summed E-state index contributed by atoms with van der Waals surface area (Å²) in [6, 6.07) is 7.68. The molecule has 1 aromatic heterocycles. The van der Waals surface area contributed by atoms with Crippen molar-refractivity contribution in [2.24, 2.45) is 11.7 Å². The Morgan fingerprint density at radius 1 is 1.27 bits per heavy atom. The van der Waals surface area contributed by atoms with Gasteiger partial charge in [0.1, 0.15) is 5.75 Å². The van der Waals surface area contributed by atoms with Crippen molar-refractivity contribution in [2.75, 3.05) is 20.2 Å². The third kappa shape index (κ3) is 3.99. The fraction of sp³-hybridized carbons (Fsp3) is 0.500. The quantitative estimate of drug-likeness (QED) is 0.880. The number of carbonyl (C=O) groups is 1. The number of hydrogen-bond donors (Lipinski definition) is 1. The molecule has 3 rings (SSSR count). The van der Waals surface area contributed by atoms with Crippen molar-refractivity contribution in [3.05, 3.63) is 35.7 Å². The Balaban J connectivity index is 0.00000243. The van der Waals surface area contributed by atoms with Crippen LogP contribution in [0, 0.1) is 12.8 Å². The molecule has 1 atom stereocenters. The zero-order valence-electron chi connectivity index (χ0n) is 15.4. The molecule has 2 heterocycles. The molecule has 7 nitrogen and oxygen atoms in total. The molecular formula is C18H26ClN5O2. The zero-order valence-corrected chi connectivity index (χ0v) is 16.2. The molecule has 1 amide bonds. The Hall–Kier alpha value is -2.12.